The maximum atomic E-state index is 10.3. The van der Waals surface area contributed by atoms with Gasteiger partial charge < -0.3 is 34.6 Å². The van der Waals surface area contributed by atoms with Crippen LogP contribution in [0.4, 0.5) is 0 Å². The van der Waals surface area contributed by atoms with Crippen molar-refractivity contribution >= 4 is 0 Å². The van der Waals surface area contributed by atoms with Crippen molar-refractivity contribution in [3.8, 4) is 5.75 Å². The van der Waals surface area contributed by atoms with E-state index in [0.29, 0.717) is 18.8 Å². The van der Waals surface area contributed by atoms with Gasteiger partial charge in [-0.05, 0) is 55.9 Å². The van der Waals surface area contributed by atoms with Crippen LogP contribution in [-0.2, 0) is 22.5 Å². The van der Waals surface area contributed by atoms with Gasteiger partial charge in [-0.25, -0.2) is 0 Å². The van der Waals surface area contributed by atoms with Crippen molar-refractivity contribution in [3.05, 3.63) is 29.3 Å². The molecule has 5 atom stereocenters. The molecule has 0 aromatic heterocycles. The number of benzene rings is 1. The first kappa shape index (κ1) is 24.1. The highest BCUT2D eigenvalue weighted by Crippen LogP contribution is 2.32. The van der Waals surface area contributed by atoms with Crippen molar-refractivity contribution in [1.29, 1.82) is 0 Å². The normalized spacial score (nSPS) is 28.4. The van der Waals surface area contributed by atoms with E-state index in [0.717, 1.165) is 11.1 Å². The Kier molecular flexibility index (Phi) is 7.70. The van der Waals surface area contributed by atoms with Gasteiger partial charge in [0.05, 0.1) is 18.8 Å². The minimum Gasteiger partial charge on any atom is -0.462 e. The number of ether oxygens (including phenoxy) is 3. The van der Waals surface area contributed by atoms with Gasteiger partial charge in [-0.1, -0.05) is 26.8 Å². The fraction of sp³-hybridized carbons (Fsp3) is 0.727. The number of rotatable bonds is 6. The fourth-order valence-electron chi connectivity index (χ4n) is 3.14. The molecular formula is C22H36O7. The molecular weight excluding hydrogens is 376 g/mol. The number of aliphatic hydroxyl groups is 4. The minimum absolute atomic E-state index is 0.0169. The first-order chi connectivity index (χ1) is 13.3. The average Bonchev–Trinajstić information content (AvgIpc) is 2.60. The molecule has 0 saturated carbocycles. The van der Waals surface area contributed by atoms with Crippen molar-refractivity contribution in [2.45, 2.75) is 90.9 Å². The third-order valence-corrected chi connectivity index (χ3v) is 4.61. The summed E-state index contributed by atoms with van der Waals surface area (Å²) in [4.78, 5) is 0. The van der Waals surface area contributed by atoms with E-state index in [4.69, 9.17) is 14.2 Å². The SMILES string of the molecule is CC(C)(C)Cc1cc(COC(C)(C)C)ccc1OC1OC(CO)C(O)C(O)C1O. The molecule has 29 heavy (non-hydrogen) atoms. The highest BCUT2D eigenvalue weighted by molar-refractivity contribution is 5.38. The summed E-state index contributed by atoms with van der Waals surface area (Å²) in [5.41, 5.74) is 1.65. The quantitative estimate of drug-likeness (QED) is 0.564. The Balaban J connectivity index is 2.25. The number of hydrogen-bond acceptors (Lipinski definition) is 7. The maximum absolute atomic E-state index is 10.3. The Morgan fingerprint density at radius 1 is 0.966 bits per heavy atom. The maximum Gasteiger partial charge on any atom is 0.229 e. The monoisotopic (exact) mass is 412 g/mol. The van der Waals surface area contributed by atoms with Crippen LogP contribution in [0.3, 0.4) is 0 Å². The second-order valence-electron chi connectivity index (χ2n) is 9.90. The average molecular weight is 413 g/mol. The summed E-state index contributed by atoms with van der Waals surface area (Å²) >= 11 is 0. The lowest BCUT2D eigenvalue weighted by Gasteiger charge is -2.39. The molecule has 7 nitrogen and oxygen atoms in total. The topological polar surface area (TPSA) is 109 Å². The largest absolute Gasteiger partial charge is 0.462 e. The molecule has 5 unspecified atom stereocenters. The van der Waals surface area contributed by atoms with Gasteiger partial charge in [-0.2, -0.15) is 0 Å². The van der Waals surface area contributed by atoms with E-state index < -0.39 is 37.3 Å². The van der Waals surface area contributed by atoms with Crippen LogP contribution in [0.5, 0.6) is 5.75 Å². The van der Waals surface area contributed by atoms with Crippen molar-refractivity contribution in [3.63, 3.8) is 0 Å². The molecule has 166 valence electrons. The van der Waals surface area contributed by atoms with Crippen LogP contribution in [0.1, 0.15) is 52.7 Å². The lowest BCUT2D eigenvalue weighted by Crippen LogP contribution is -2.60. The summed E-state index contributed by atoms with van der Waals surface area (Å²) in [6.07, 6.45) is -5.84. The van der Waals surface area contributed by atoms with Crippen molar-refractivity contribution in [2.24, 2.45) is 5.41 Å². The standard InChI is InChI=1S/C22H36O7/c1-21(2,3)10-14-9-13(12-27-22(4,5)6)7-8-15(14)28-20-19(26)18(25)17(24)16(11-23)29-20/h7-9,16-20,23-26H,10-12H2,1-6H3. The Labute approximate surface area is 173 Å². The van der Waals surface area contributed by atoms with Crippen molar-refractivity contribution in [2.75, 3.05) is 6.61 Å². The molecule has 1 aliphatic heterocycles. The summed E-state index contributed by atoms with van der Waals surface area (Å²) in [5, 5.41) is 39.6. The highest BCUT2D eigenvalue weighted by atomic mass is 16.7. The van der Waals surface area contributed by atoms with E-state index >= 15 is 0 Å². The molecule has 0 amide bonds. The van der Waals surface area contributed by atoms with Crippen LogP contribution in [0, 0.1) is 5.41 Å². The lowest BCUT2D eigenvalue weighted by molar-refractivity contribution is -0.277. The second-order valence-corrected chi connectivity index (χ2v) is 9.90. The van der Waals surface area contributed by atoms with E-state index in [-0.39, 0.29) is 11.0 Å². The molecule has 2 rings (SSSR count). The van der Waals surface area contributed by atoms with Gasteiger partial charge in [0.15, 0.2) is 0 Å². The summed E-state index contributed by atoms with van der Waals surface area (Å²) in [5.74, 6) is 0.517. The predicted molar refractivity (Wildman–Crippen MR) is 109 cm³/mol. The summed E-state index contributed by atoms with van der Waals surface area (Å²) in [6, 6.07) is 5.69. The number of aliphatic hydroxyl groups excluding tert-OH is 4. The van der Waals surface area contributed by atoms with Gasteiger partial charge >= 0.3 is 0 Å². The van der Waals surface area contributed by atoms with Crippen LogP contribution in [0.15, 0.2) is 18.2 Å². The summed E-state index contributed by atoms with van der Waals surface area (Å²) < 4.78 is 17.3. The first-order valence-electron chi connectivity index (χ1n) is 10.0. The molecule has 7 heteroatoms. The van der Waals surface area contributed by atoms with Gasteiger partial charge in [0.2, 0.25) is 6.29 Å². The molecule has 1 aliphatic rings. The van der Waals surface area contributed by atoms with Crippen molar-refractivity contribution < 1.29 is 34.6 Å². The van der Waals surface area contributed by atoms with Gasteiger partial charge in [0, 0.05) is 0 Å². The van der Waals surface area contributed by atoms with Gasteiger partial charge in [-0.3, -0.25) is 0 Å². The third kappa shape index (κ3) is 6.91. The van der Waals surface area contributed by atoms with Crippen LogP contribution in [-0.4, -0.2) is 63.3 Å². The summed E-state index contributed by atoms with van der Waals surface area (Å²) in [6.45, 7) is 12.3. The van der Waals surface area contributed by atoms with E-state index in [1.165, 1.54) is 0 Å². The second kappa shape index (κ2) is 9.29. The predicted octanol–water partition coefficient (Wildman–Crippen LogP) is 1.77. The molecule has 0 spiro atoms. The molecule has 4 N–H and O–H groups in total. The Morgan fingerprint density at radius 3 is 2.17 bits per heavy atom. The van der Waals surface area contributed by atoms with Crippen LogP contribution in [0.2, 0.25) is 0 Å². The summed E-state index contributed by atoms with van der Waals surface area (Å²) in [7, 11) is 0. The van der Waals surface area contributed by atoms with E-state index in [1.807, 2.05) is 32.9 Å². The van der Waals surface area contributed by atoms with Crippen LogP contribution < -0.4 is 4.74 Å². The zero-order chi connectivity index (χ0) is 22.0. The zero-order valence-corrected chi connectivity index (χ0v) is 18.3. The Hall–Kier alpha value is -1.22. The third-order valence-electron chi connectivity index (χ3n) is 4.61. The van der Waals surface area contributed by atoms with Gasteiger partial charge in [0.1, 0.15) is 30.2 Å². The number of hydrogen-bond donors (Lipinski definition) is 4. The van der Waals surface area contributed by atoms with Crippen LogP contribution in [0.25, 0.3) is 0 Å². The molecule has 1 aromatic rings. The van der Waals surface area contributed by atoms with E-state index in [9.17, 15) is 20.4 Å². The fourth-order valence-corrected chi connectivity index (χ4v) is 3.14. The smallest absolute Gasteiger partial charge is 0.229 e. The molecule has 0 bridgehead atoms. The molecule has 1 fully saturated rings. The molecule has 0 radical (unpaired) electrons. The van der Waals surface area contributed by atoms with E-state index in [1.54, 1.807) is 6.07 Å². The van der Waals surface area contributed by atoms with Gasteiger partial charge in [0.25, 0.3) is 0 Å². The highest BCUT2D eigenvalue weighted by Gasteiger charge is 2.44. The molecule has 1 saturated heterocycles. The Bertz CT molecular complexity index is 660. The Morgan fingerprint density at radius 2 is 1.62 bits per heavy atom. The van der Waals surface area contributed by atoms with E-state index in [2.05, 4.69) is 20.8 Å². The zero-order valence-electron chi connectivity index (χ0n) is 18.3. The van der Waals surface area contributed by atoms with Gasteiger partial charge in [-0.15, -0.1) is 0 Å². The molecule has 0 aliphatic carbocycles. The minimum atomic E-state index is -1.48. The molecule has 1 aromatic carbocycles. The van der Waals surface area contributed by atoms with Crippen molar-refractivity contribution in [1.82, 2.24) is 0 Å². The van der Waals surface area contributed by atoms with Crippen LogP contribution >= 0.6 is 0 Å². The first-order valence-corrected chi connectivity index (χ1v) is 10.0. The lowest BCUT2D eigenvalue weighted by atomic mass is 9.87. The molecule has 1 heterocycles.